The largest absolute Gasteiger partial charge is 0.508 e. The summed E-state index contributed by atoms with van der Waals surface area (Å²) in [4.78, 5) is 11.1. The van der Waals surface area contributed by atoms with Gasteiger partial charge in [-0.05, 0) is 35.4 Å². The number of aliphatic hydroxyl groups excluding tert-OH is 3. The van der Waals surface area contributed by atoms with Gasteiger partial charge in [-0.3, -0.25) is 0 Å². The second-order valence-corrected chi connectivity index (χ2v) is 6.54. The molecule has 0 unspecified atom stereocenters. The second kappa shape index (κ2) is 8.50. The van der Waals surface area contributed by atoms with Crippen LogP contribution in [0.25, 0.3) is 12.2 Å². The molecule has 1 aliphatic heterocycles. The summed E-state index contributed by atoms with van der Waals surface area (Å²) in [7, 11) is 0. The van der Waals surface area contributed by atoms with Gasteiger partial charge >= 0.3 is 5.97 Å². The number of aliphatic carboxylic acids is 1. The van der Waals surface area contributed by atoms with Crippen LogP contribution in [0.5, 0.6) is 17.2 Å². The number of phenols is 2. The number of carboxylic acids is 1. The number of aliphatic hydroxyl groups is 3. The standard InChI is InChI=1S/C20H20O9/c21-12-7-11(8-13(22)9-12)2-1-10-3-5-14(6-4-10)28-20-17(25)15(23)16(24)18(29-20)19(26)27/h1-9,15-18,20-25H,(H,26,27)/b2-1+/t15-,16+,17-,18-,20-/m1/s1. The van der Waals surface area contributed by atoms with E-state index in [1.54, 1.807) is 36.4 Å². The summed E-state index contributed by atoms with van der Waals surface area (Å²) >= 11 is 0. The second-order valence-electron chi connectivity index (χ2n) is 6.54. The molecule has 9 nitrogen and oxygen atoms in total. The van der Waals surface area contributed by atoms with Crippen LogP contribution in [0.15, 0.2) is 42.5 Å². The SMILES string of the molecule is O=C(O)[C@@H]1O[C@@H](Oc2ccc(/C=C/c3cc(O)cc(O)c3)cc2)[C@H](O)[C@H](O)[C@@H]1O. The van der Waals surface area contributed by atoms with Crippen LogP contribution in [0, 0.1) is 0 Å². The van der Waals surface area contributed by atoms with Gasteiger partial charge in [-0.25, -0.2) is 4.79 Å². The van der Waals surface area contributed by atoms with E-state index in [1.807, 2.05) is 0 Å². The minimum Gasteiger partial charge on any atom is -0.508 e. The van der Waals surface area contributed by atoms with Crippen LogP contribution in [-0.4, -0.2) is 67.3 Å². The van der Waals surface area contributed by atoms with E-state index in [9.17, 15) is 30.3 Å². The Hall–Kier alpha value is -3.11. The lowest BCUT2D eigenvalue weighted by Crippen LogP contribution is -2.61. The number of carbonyl (C=O) groups is 1. The molecule has 0 aromatic heterocycles. The highest BCUT2D eigenvalue weighted by molar-refractivity contribution is 5.73. The van der Waals surface area contributed by atoms with E-state index in [2.05, 4.69) is 0 Å². The highest BCUT2D eigenvalue weighted by Crippen LogP contribution is 2.26. The summed E-state index contributed by atoms with van der Waals surface area (Å²) in [5.41, 5.74) is 1.35. The van der Waals surface area contributed by atoms with Gasteiger partial charge in [0.05, 0.1) is 0 Å². The Labute approximate surface area is 165 Å². The fourth-order valence-corrected chi connectivity index (χ4v) is 2.85. The van der Waals surface area contributed by atoms with E-state index in [0.717, 1.165) is 5.56 Å². The molecule has 0 aliphatic carbocycles. The van der Waals surface area contributed by atoms with Crippen LogP contribution in [0.3, 0.4) is 0 Å². The third-order valence-corrected chi connectivity index (χ3v) is 4.34. The number of benzene rings is 2. The topological polar surface area (TPSA) is 157 Å². The van der Waals surface area contributed by atoms with Crippen LogP contribution >= 0.6 is 0 Å². The lowest BCUT2D eigenvalue weighted by molar-refractivity contribution is -0.271. The van der Waals surface area contributed by atoms with Gasteiger partial charge in [0.15, 0.2) is 6.10 Å². The summed E-state index contributed by atoms with van der Waals surface area (Å²) in [6, 6.07) is 10.6. The van der Waals surface area contributed by atoms with Gasteiger partial charge in [-0.1, -0.05) is 24.3 Å². The first-order valence-corrected chi connectivity index (χ1v) is 8.65. The third kappa shape index (κ3) is 4.84. The lowest BCUT2D eigenvalue weighted by Gasteiger charge is -2.38. The van der Waals surface area contributed by atoms with Crippen molar-refractivity contribution in [2.75, 3.05) is 0 Å². The van der Waals surface area contributed by atoms with Crippen molar-refractivity contribution in [3.8, 4) is 17.2 Å². The monoisotopic (exact) mass is 404 g/mol. The molecule has 6 N–H and O–H groups in total. The maximum absolute atomic E-state index is 11.1. The normalized spacial score (nSPS) is 27.1. The number of ether oxygens (including phenoxy) is 2. The van der Waals surface area contributed by atoms with E-state index < -0.39 is 36.7 Å². The number of phenolic OH excluding ortho intramolecular Hbond substituents is 2. The number of hydrogen-bond acceptors (Lipinski definition) is 8. The van der Waals surface area contributed by atoms with Crippen LogP contribution in [-0.2, 0) is 9.53 Å². The molecule has 1 heterocycles. The van der Waals surface area contributed by atoms with Gasteiger partial charge in [-0.2, -0.15) is 0 Å². The number of hydrogen-bond donors (Lipinski definition) is 6. The third-order valence-electron chi connectivity index (χ3n) is 4.34. The molecule has 154 valence electrons. The molecule has 0 saturated carbocycles. The van der Waals surface area contributed by atoms with Gasteiger partial charge in [0, 0.05) is 6.07 Å². The maximum atomic E-state index is 11.1. The van der Waals surface area contributed by atoms with E-state index >= 15 is 0 Å². The summed E-state index contributed by atoms with van der Waals surface area (Å²) in [5, 5.41) is 57.5. The Morgan fingerprint density at radius 2 is 1.45 bits per heavy atom. The highest BCUT2D eigenvalue weighted by Gasteiger charge is 2.48. The smallest absolute Gasteiger partial charge is 0.335 e. The lowest BCUT2D eigenvalue weighted by atomic mass is 9.99. The fourth-order valence-electron chi connectivity index (χ4n) is 2.85. The van der Waals surface area contributed by atoms with Crippen molar-refractivity contribution in [3.63, 3.8) is 0 Å². The molecule has 1 fully saturated rings. The average Bonchev–Trinajstić information content (AvgIpc) is 2.67. The van der Waals surface area contributed by atoms with Gasteiger partial charge in [-0.15, -0.1) is 0 Å². The molecule has 2 aromatic carbocycles. The predicted molar refractivity (Wildman–Crippen MR) is 100 cm³/mol. The van der Waals surface area contributed by atoms with Crippen LogP contribution < -0.4 is 4.74 Å². The first-order valence-electron chi connectivity index (χ1n) is 8.65. The van der Waals surface area contributed by atoms with Crippen molar-refractivity contribution in [1.82, 2.24) is 0 Å². The minimum absolute atomic E-state index is 0.0635. The van der Waals surface area contributed by atoms with Crippen molar-refractivity contribution < 1.29 is 44.9 Å². The molecule has 9 heteroatoms. The summed E-state index contributed by atoms with van der Waals surface area (Å²) in [6.07, 6.45) is -4.98. The molecule has 0 bridgehead atoms. The first-order chi connectivity index (χ1) is 13.7. The minimum atomic E-state index is -1.79. The molecule has 29 heavy (non-hydrogen) atoms. The Balaban J connectivity index is 1.68. The molecule has 2 aromatic rings. The van der Waals surface area contributed by atoms with E-state index in [1.165, 1.54) is 18.2 Å². The van der Waals surface area contributed by atoms with Crippen molar-refractivity contribution in [2.24, 2.45) is 0 Å². The molecule has 1 aliphatic rings. The molecule has 0 amide bonds. The number of aromatic hydroxyl groups is 2. The zero-order valence-corrected chi connectivity index (χ0v) is 15.0. The zero-order valence-electron chi connectivity index (χ0n) is 15.0. The first kappa shape index (κ1) is 20.6. The van der Waals surface area contributed by atoms with Gasteiger partial charge in [0.25, 0.3) is 0 Å². The van der Waals surface area contributed by atoms with E-state index in [4.69, 9.17) is 14.6 Å². The Morgan fingerprint density at radius 3 is 2.03 bits per heavy atom. The van der Waals surface area contributed by atoms with Gasteiger partial charge in [0.1, 0.15) is 35.6 Å². The molecule has 0 radical (unpaired) electrons. The summed E-state index contributed by atoms with van der Waals surface area (Å²) in [5.74, 6) is -1.37. The van der Waals surface area contributed by atoms with E-state index in [0.29, 0.717) is 5.56 Å². The fraction of sp³-hybridized carbons (Fsp3) is 0.250. The Kier molecular flexibility index (Phi) is 6.04. The molecular weight excluding hydrogens is 384 g/mol. The Morgan fingerprint density at radius 1 is 0.862 bits per heavy atom. The quantitative estimate of drug-likeness (QED) is 0.391. The molecule has 1 saturated heterocycles. The maximum Gasteiger partial charge on any atom is 0.335 e. The summed E-state index contributed by atoms with van der Waals surface area (Å²) < 4.78 is 10.5. The Bertz CT molecular complexity index is 873. The molecule has 5 atom stereocenters. The zero-order chi connectivity index (χ0) is 21.1. The van der Waals surface area contributed by atoms with Crippen LogP contribution in [0.2, 0.25) is 0 Å². The number of carboxylic acid groups (broad SMARTS) is 1. The molecule has 0 spiro atoms. The van der Waals surface area contributed by atoms with E-state index in [-0.39, 0.29) is 17.2 Å². The molecular formula is C20H20O9. The van der Waals surface area contributed by atoms with Crippen molar-refractivity contribution in [2.45, 2.75) is 30.7 Å². The van der Waals surface area contributed by atoms with Crippen molar-refractivity contribution in [1.29, 1.82) is 0 Å². The van der Waals surface area contributed by atoms with Crippen molar-refractivity contribution >= 4 is 18.1 Å². The highest BCUT2D eigenvalue weighted by atomic mass is 16.7. The van der Waals surface area contributed by atoms with Crippen LogP contribution in [0.4, 0.5) is 0 Å². The van der Waals surface area contributed by atoms with Gasteiger partial charge in [0.2, 0.25) is 6.29 Å². The number of rotatable bonds is 5. The molecule has 3 rings (SSSR count). The van der Waals surface area contributed by atoms with Crippen molar-refractivity contribution in [3.05, 3.63) is 53.6 Å². The summed E-state index contributed by atoms with van der Waals surface area (Å²) in [6.45, 7) is 0. The predicted octanol–water partition coefficient (Wildman–Crippen LogP) is 0.539. The van der Waals surface area contributed by atoms with Gasteiger partial charge < -0.3 is 40.1 Å². The average molecular weight is 404 g/mol. The van der Waals surface area contributed by atoms with Crippen LogP contribution in [0.1, 0.15) is 11.1 Å².